The molecule has 2 aliphatic rings. The first-order valence-electron chi connectivity index (χ1n) is 7.90. The Morgan fingerprint density at radius 3 is 2.50 bits per heavy atom. The van der Waals surface area contributed by atoms with Gasteiger partial charge in [-0.05, 0) is 67.2 Å². The average Bonchev–Trinajstić information content (AvgIpc) is 3.07. The van der Waals surface area contributed by atoms with Crippen LogP contribution in [0.15, 0.2) is 42.5 Å². The highest BCUT2D eigenvalue weighted by Crippen LogP contribution is 2.31. The van der Waals surface area contributed by atoms with Crippen molar-refractivity contribution in [2.24, 2.45) is 0 Å². The van der Waals surface area contributed by atoms with E-state index in [2.05, 4.69) is 56.3 Å². The van der Waals surface area contributed by atoms with Crippen molar-refractivity contribution in [1.29, 1.82) is 0 Å². The lowest BCUT2D eigenvalue weighted by molar-refractivity contribution is 0.747. The minimum absolute atomic E-state index is 0.802. The topological polar surface area (TPSA) is 0 Å². The number of fused-ring (bicyclic) bond motifs is 2. The number of aryl methyl sites for hydroxylation is 4. The average molecular weight is 264 g/mol. The lowest BCUT2D eigenvalue weighted by Crippen LogP contribution is -1.83. The molecule has 20 heavy (non-hydrogen) atoms. The zero-order valence-corrected chi connectivity index (χ0v) is 12.7. The van der Waals surface area contributed by atoms with Gasteiger partial charge in [-0.1, -0.05) is 55.0 Å². The van der Waals surface area contributed by atoms with Crippen LogP contribution in [0.2, 0.25) is 0 Å². The fraction of sp³-hybridized carbons (Fsp3) is 0.400. The third-order valence-corrected chi connectivity index (χ3v) is 4.69. The lowest BCUT2D eigenvalue weighted by Gasteiger charge is -2.01. The maximum Gasteiger partial charge on any atom is -0.0184 e. The van der Waals surface area contributed by atoms with Crippen molar-refractivity contribution in [3.8, 4) is 0 Å². The molecule has 104 valence electrons. The highest BCUT2D eigenvalue weighted by atomic mass is 14.2. The van der Waals surface area contributed by atoms with Gasteiger partial charge in [0.1, 0.15) is 0 Å². The molecule has 0 nitrogen and oxygen atoms in total. The first-order chi connectivity index (χ1) is 9.74. The summed E-state index contributed by atoms with van der Waals surface area (Å²) in [5.74, 6) is 0.802. The highest BCUT2D eigenvalue weighted by molar-refractivity contribution is 5.35. The van der Waals surface area contributed by atoms with Crippen molar-refractivity contribution in [3.63, 3.8) is 0 Å². The number of benzene rings is 2. The Balaban J connectivity index is 0.000000121. The zero-order valence-electron chi connectivity index (χ0n) is 12.7. The molecule has 0 fully saturated rings. The van der Waals surface area contributed by atoms with Gasteiger partial charge in [0.05, 0.1) is 0 Å². The zero-order chi connectivity index (χ0) is 13.9. The molecule has 1 atom stereocenters. The van der Waals surface area contributed by atoms with Crippen molar-refractivity contribution in [2.75, 3.05) is 0 Å². The molecule has 0 saturated heterocycles. The van der Waals surface area contributed by atoms with Crippen LogP contribution < -0.4 is 0 Å². The molecule has 2 aromatic rings. The van der Waals surface area contributed by atoms with Crippen molar-refractivity contribution >= 4 is 0 Å². The van der Waals surface area contributed by atoms with Crippen molar-refractivity contribution in [2.45, 2.75) is 51.9 Å². The summed E-state index contributed by atoms with van der Waals surface area (Å²) in [6, 6.07) is 15.6. The van der Waals surface area contributed by atoms with Gasteiger partial charge in [-0.2, -0.15) is 0 Å². The smallest absolute Gasteiger partial charge is 0.0184 e. The van der Waals surface area contributed by atoms with Gasteiger partial charge in [-0.15, -0.1) is 0 Å². The molecule has 0 N–H and O–H groups in total. The predicted octanol–water partition coefficient (Wildman–Crippen LogP) is 5.22. The van der Waals surface area contributed by atoms with Crippen LogP contribution in [0.4, 0.5) is 0 Å². The van der Waals surface area contributed by atoms with Crippen LogP contribution in [0.25, 0.3) is 0 Å². The third-order valence-electron chi connectivity index (χ3n) is 4.69. The summed E-state index contributed by atoms with van der Waals surface area (Å²) in [7, 11) is 0. The Hall–Kier alpha value is -1.56. The first kappa shape index (κ1) is 13.4. The van der Waals surface area contributed by atoms with E-state index in [0.29, 0.717) is 0 Å². The van der Waals surface area contributed by atoms with Crippen LogP contribution in [0.3, 0.4) is 0 Å². The second-order valence-electron chi connectivity index (χ2n) is 6.26. The van der Waals surface area contributed by atoms with E-state index in [1.165, 1.54) is 37.7 Å². The molecule has 2 aromatic carbocycles. The van der Waals surface area contributed by atoms with Crippen LogP contribution >= 0.6 is 0 Å². The maximum absolute atomic E-state index is 2.32. The van der Waals surface area contributed by atoms with Crippen molar-refractivity contribution in [3.05, 3.63) is 70.3 Å². The van der Waals surface area contributed by atoms with Gasteiger partial charge in [0, 0.05) is 0 Å². The molecular weight excluding hydrogens is 240 g/mol. The lowest BCUT2D eigenvalue weighted by atomic mass is 10.0. The van der Waals surface area contributed by atoms with Crippen molar-refractivity contribution in [1.82, 2.24) is 0 Å². The third kappa shape index (κ3) is 2.80. The van der Waals surface area contributed by atoms with Crippen molar-refractivity contribution < 1.29 is 0 Å². The van der Waals surface area contributed by atoms with Crippen LogP contribution in [0, 0.1) is 6.92 Å². The molecule has 1 unspecified atom stereocenters. The molecule has 0 saturated carbocycles. The highest BCUT2D eigenvalue weighted by Gasteiger charge is 2.16. The molecule has 2 aliphatic carbocycles. The molecule has 0 bridgehead atoms. The van der Waals surface area contributed by atoms with Gasteiger partial charge >= 0.3 is 0 Å². The number of hydrogen-bond acceptors (Lipinski definition) is 0. The number of rotatable bonds is 0. The van der Waals surface area contributed by atoms with E-state index in [1.54, 1.807) is 22.3 Å². The van der Waals surface area contributed by atoms with E-state index in [-0.39, 0.29) is 0 Å². The Morgan fingerprint density at radius 2 is 1.65 bits per heavy atom. The summed E-state index contributed by atoms with van der Waals surface area (Å²) >= 11 is 0. The van der Waals surface area contributed by atoms with Gasteiger partial charge in [0.25, 0.3) is 0 Å². The first-order valence-corrected chi connectivity index (χ1v) is 7.90. The SMILES string of the molecule is CC1CCc2ccccc21.Cc1ccc2c(c1)CCC2. The minimum atomic E-state index is 0.802. The largest absolute Gasteiger partial charge is 0.0620 e. The fourth-order valence-electron chi connectivity index (χ4n) is 3.47. The Morgan fingerprint density at radius 1 is 0.850 bits per heavy atom. The molecule has 0 aliphatic heterocycles. The quantitative estimate of drug-likeness (QED) is 0.612. The second-order valence-corrected chi connectivity index (χ2v) is 6.26. The second kappa shape index (κ2) is 5.83. The molecule has 0 spiro atoms. The Bertz CT molecular complexity index is 595. The van der Waals surface area contributed by atoms with Gasteiger partial charge < -0.3 is 0 Å². The molecule has 4 rings (SSSR count). The molecule has 0 amide bonds. The summed E-state index contributed by atoms with van der Waals surface area (Å²) in [5, 5.41) is 0. The predicted molar refractivity (Wildman–Crippen MR) is 86.4 cm³/mol. The van der Waals surface area contributed by atoms with E-state index >= 15 is 0 Å². The summed E-state index contributed by atoms with van der Waals surface area (Å²) in [5.41, 5.74) is 7.70. The molecule has 0 aromatic heterocycles. The summed E-state index contributed by atoms with van der Waals surface area (Å²) in [4.78, 5) is 0. The standard InChI is InChI=1S/2C10H12/c1-8-5-6-9-3-2-4-10(9)7-8;1-8-6-7-9-4-2-3-5-10(8)9/h5-7H,2-4H2,1H3;2-5,8H,6-7H2,1H3. The van der Waals surface area contributed by atoms with Crippen LogP contribution in [-0.4, -0.2) is 0 Å². The van der Waals surface area contributed by atoms with Crippen LogP contribution in [0.5, 0.6) is 0 Å². The van der Waals surface area contributed by atoms with Gasteiger partial charge in [-0.25, -0.2) is 0 Å². The molecule has 0 heterocycles. The van der Waals surface area contributed by atoms with E-state index in [1.807, 2.05) is 0 Å². The monoisotopic (exact) mass is 264 g/mol. The fourth-order valence-corrected chi connectivity index (χ4v) is 3.47. The Kier molecular flexibility index (Phi) is 3.91. The number of hydrogen-bond donors (Lipinski definition) is 0. The summed E-state index contributed by atoms with van der Waals surface area (Å²) in [6.45, 7) is 4.48. The summed E-state index contributed by atoms with van der Waals surface area (Å²) in [6.07, 6.45) is 6.60. The van der Waals surface area contributed by atoms with E-state index in [0.717, 1.165) is 5.92 Å². The summed E-state index contributed by atoms with van der Waals surface area (Å²) < 4.78 is 0. The van der Waals surface area contributed by atoms with E-state index < -0.39 is 0 Å². The van der Waals surface area contributed by atoms with Crippen LogP contribution in [-0.2, 0) is 19.3 Å². The van der Waals surface area contributed by atoms with E-state index in [9.17, 15) is 0 Å². The molecule has 0 radical (unpaired) electrons. The molecular formula is C20H24. The van der Waals surface area contributed by atoms with Gasteiger partial charge in [0.2, 0.25) is 0 Å². The van der Waals surface area contributed by atoms with Gasteiger partial charge in [-0.3, -0.25) is 0 Å². The Labute approximate surface area is 122 Å². The minimum Gasteiger partial charge on any atom is -0.0620 e. The van der Waals surface area contributed by atoms with Gasteiger partial charge in [0.15, 0.2) is 0 Å². The van der Waals surface area contributed by atoms with Crippen LogP contribution in [0.1, 0.15) is 53.5 Å². The maximum atomic E-state index is 2.32. The molecule has 0 heteroatoms. The van der Waals surface area contributed by atoms with E-state index in [4.69, 9.17) is 0 Å². The normalized spacial score (nSPS) is 19.0.